The number of aliphatic hydroxyl groups excluding tert-OH is 1. The second kappa shape index (κ2) is 7.76. The van der Waals surface area contributed by atoms with Crippen LogP contribution in [0, 0.1) is 5.41 Å². The predicted molar refractivity (Wildman–Crippen MR) is 100 cm³/mol. The van der Waals surface area contributed by atoms with E-state index in [9.17, 15) is 19.5 Å². The van der Waals surface area contributed by atoms with Crippen molar-refractivity contribution in [3.05, 3.63) is 29.3 Å². The van der Waals surface area contributed by atoms with Gasteiger partial charge in [-0.3, -0.25) is 14.4 Å². The zero-order valence-electron chi connectivity index (χ0n) is 15.5. The largest absolute Gasteiger partial charge is 0.390 e. The lowest BCUT2D eigenvalue weighted by molar-refractivity contribution is -0.123. The van der Waals surface area contributed by atoms with Crippen LogP contribution in [0.2, 0.25) is 0 Å². The van der Waals surface area contributed by atoms with E-state index in [1.807, 2.05) is 0 Å². The Hall–Kier alpha value is -1.92. The molecule has 1 aromatic carbocycles. The molecule has 6 nitrogen and oxygen atoms in total. The molecule has 0 spiro atoms. The molecule has 2 amide bonds. The van der Waals surface area contributed by atoms with Crippen molar-refractivity contribution in [2.75, 3.05) is 17.8 Å². The highest BCUT2D eigenvalue weighted by atomic mass is 35.5. The summed E-state index contributed by atoms with van der Waals surface area (Å²) < 4.78 is 0. The maximum absolute atomic E-state index is 12.8. The van der Waals surface area contributed by atoms with Crippen LogP contribution in [0.3, 0.4) is 0 Å². The van der Waals surface area contributed by atoms with Crippen molar-refractivity contribution < 1.29 is 19.5 Å². The fourth-order valence-corrected chi connectivity index (χ4v) is 3.24. The normalized spacial score (nSPS) is 21.1. The number of nitrogens with one attached hydrogen (secondary N) is 1. The number of rotatable bonds is 5. The minimum atomic E-state index is -1.08. The van der Waals surface area contributed by atoms with E-state index in [0.29, 0.717) is 29.1 Å². The van der Waals surface area contributed by atoms with E-state index in [1.54, 1.807) is 39.1 Å². The Morgan fingerprint density at radius 2 is 2.00 bits per heavy atom. The third-order valence-electron chi connectivity index (χ3n) is 4.97. The summed E-state index contributed by atoms with van der Waals surface area (Å²) in [5.41, 5.74) is 0.525. The summed E-state index contributed by atoms with van der Waals surface area (Å²) in [7, 11) is 1.63. The van der Waals surface area contributed by atoms with Gasteiger partial charge in [0.1, 0.15) is 0 Å². The van der Waals surface area contributed by atoms with Crippen molar-refractivity contribution in [2.45, 2.75) is 45.8 Å². The van der Waals surface area contributed by atoms with Gasteiger partial charge in [0.2, 0.25) is 11.8 Å². The van der Waals surface area contributed by atoms with Crippen molar-refractivity contribution in [2.24, 2.45) is 5.41 Å². The Morgan fingerprint density at radius 1 is 1.35 bits per heavy atom. The Labute approximate surface area is 158 Å². The van der Waals surface area contributed by atoms with Gasteiger partial charge in [-0.15, -0.1) is 11.6 Å². The second-order valence-electron chi connectivity index (χ2n) is 7.18. The molecule has 142 valence electrons. The molecule has 26 heavy (non-hydrogen) atoms. The van der Waals surface area contributed by atoms with Crippen LogP contribution >= 0.6 is 11.6 Å². The van der Waals surface area contributed by atoms with Gasteiger partial charge in [0.25, 0.3) is 0 Å². The van der Waals surface area contributed by atoms with Crippen molar-refractivity contribution in [3.8, 4) is 0 Å². The number of amides is 2. The first-order valence-corrected chi connectivity index (χ1v) is 9.11. The van der Waals surface area contributed by atoms with E-state index in [0.717, 1.165) is 0 Å². The number of nitrogens with zero attached hydrogens (tertiary/aromatic N) is 1. The number of hydrogen-bond donors (Lipinski definition) is 2. The van der Waals surface area contributed by atoms with Crippen molar-refractivity contribution >= 4 is 34.9 Å². The molecular formula is C19H25ClN2O4. The highest BCUT2D eigenvalue weighted by molar-refractivity contribution is 6.17. The molecule has 2 rings (SSSR count). The molecule has 0 aromatic heterocycles. The summed E-state index contributed by atoms with van der Waals surface area (Å²) in [6.07, 6.45) is -0.317. The number of aliphatic hydroxyl groups is 1. The van der Waals surface area contributed by atoms with Crippen LogP contribution in [-0.2, 0) is 9.59 Å². The van der Waals surface area contributed by atoms with E-state index in [1.165, 1.54) is 11.8 Å². The Morgan fingerprint density at radius 3 is 2.58 bits per heavy atom. The molecule has 2 N–H and O–H groups in total. The van der Waals surface area contributed by atoms with Crippen molar-refractivity contribution in [1.82, 2.24) is 5.32 Å². The van der Waals surface area contributed by atoms with E-state index >= 15 is 0 Å². The van der Waals surface area contributed by atoms with Crippen LogP contribution in [0.4, 0.5) is 5.69 Å². The van der Waals surface area contributed by atoms with Crippen LogP contribution in [0.25, 0.3) is 0 Å². The average Bonchev–Trinajstić information content (AvgIpc) is 2.60. The number of Topliss-reactive ketones (excluding diaryl/α,β-unsaturated/α-hetero) is 1. The zero-order chi connectivity index (χ0) is 19.6. The SMILES string of the molecule is CC(=O)N(C)c1ccc2c(c1)C(NC(=O)CCCCl)C(O)C(C)(C)C2=O. The molecule has 0 saturated carbocycles. The van der Waals surface area contributed by atoms with E-state index in [2.05, 4.69) is 5.32 Å². The highest BCUT2D eigenvalue weighted by Crippen LogP contribution is 2.42. The molecule has 0 radical (unpaired) electrons. The number of benzene rings is 1. The summed E-state index contributed by atoms with van der Waals surface area (Å²) in [5, 5.41) is 13.6. The summed E-state index contributed by atoms with van der Waals surface area (Å²) in [5.74, 6) is -0.218. The topological polar surface area (TPSA) is 86.7 Å². The number of hydrogen-bond acceptors (Lipinski definition) is 4. The molecule has 0 fully saturated rings. The Balaban J connectivity index is 2.48. The van der Waals surface area contributed by atoms with Crippen LogP contribution in [0.5, 0.6) is 0 Å². The smallest absolute Gasteiger partial charge is 0.223 e. The number of anilines is 1. The van der Waals surface area contributed by atoms with Crippen molar-refractivity contribution in [3.63, 3.8) is 0 Å². The molecule has 2 atom stereocenters. The van der Waals surface area contributed by atoms with E-state index < -0.39 is 17.6 Å². The van der Waals surface area contributed by atoms with Gasteiger partial charge in [-0.25, -0.2) is 0 Å². The summed E-state index contributed by atoms with van der Waals surface area (Å²) in [6, 6.07) is 4.29. The van der Waals surface area contributed by atoms with Crippen molar-refractivity contribution in [1.29, 1.82) is 0 Å². The number of halogens is 1. The molecule has 0 saturated heterocycles. The molecule has 0 aliphatic heterocycles. The standard InChI is InChI=1S/C19H25ClN2O4/c1-11(23)22(4)12-7-8-13-14(10-12)16(21-15(24)6-5-9-20)18(26)19(2,3)17(13)25/h7-8,10,16,18,26H,5-6,9H2,1-4H3,(H,21,24). The number of carbonyl (C=O) groups excluding carboxylic acids is 3. The predicted octanol–water partition coefficient (Wildman–Crippen LogP) is 2.43. The lowest BCUT2D eigenvalue weighted by Crippen LogP contribution is -2.51. The molecule has 2 unspecified atom stereocenters. The van der Waals surface area contributed by atoms with Gasteiger partial charge in [-0.2, -0.15) is 0 Å². The lowest BCUT2D eigenvalue weighted by atomic mass is 9.68. The number of carbonyl (C=O) groups is 3. The fraction of sp³-hybridized carbons (Fsp3) is 0.526. The summed E-state index contributed by atoms with van der Waals surface area (Å²) in [6.45, 7) is 4.76. The van der Waals surface area contributed by atoms with Crippen LogP contribution in [-0.4, -0.2) is 41.7 Å². The Bertz CT molecular complexity index is 732. The summed E-state index contributed by atoms with van der Waals surface area (Å²) in [4.78, 5) is 38.1. The van der Waals surface area contributed by atoms with Gasteiger partial charge in [-0.1, -0.05) is 0 Å². The quantitative estimate of drug-likeness (QED) is 0.768. The van der Waals surface area contributed by atoms with Gasteiger partial charge >= 0.3 is 0 Å². The molecule has 1 aliphatic carbocycles. The van der Waals surface area contributed by atoms with Crippen LogP contribution < -0.4 is 10.2 Å². The molecule has 0 bridgehead atoms. The first kappa shape index (κ1) is 20.4. The minimum Gasteiger partial charge on any atom is -0.390 e. The number of fused-ring (bicyclic) bond motifs is 1. The highest BCUT2D eigenvalue weighted by Gasteiger charge is 2.47. The van der Waals surface area contributed by atoms with Gasteiger partial charge in [-0.05, 0) is 44.0 Å². The molecule has 0 heterocycles. The molecule has 7 heteroatoms. The van der Waals surface area contributed by atoms with E-state index in [4.69, 9.17) is 11.6 Å². The minimum absolute atomic E-state index is 0.157. The maximum Gasteiger partial charge on any atom is 0.223 e. The molecular weight excluding hydrogens is 356 g/mol. The fourth-order valence-electron chi connectivity index (χ4n) is 3.10. The average molecular weight is 381 g/mol. The lowest BCUT2D eigenvalue weighted by Gasteiger charge is -2.41. The van der Waals surface area contributed by atoms with Gasteiger partial charge in [0.15, 0.2) is 5.78 Å². The first-order valence-electron chi connectivity index (χ1n) is 8.57. The van der Waals surface area contributed by atoms with Gasteiger partial charge < -0.3 is 15.3 Å². The molecule has 1 aromatic rings. The number of ketones is 1. The van der Waals surface area contributed by atoms with Crippen LogP contribution in [0.1, 0.15) is 55.6 Å². The third kappa shape index (κ3) is 3.76. The zero-order valence-corrected chi connectivity index (χ0v) is 16.3. The first-order chi connectivity index (χ1) is 12.1. The second-order valence-corrected chi connectivity index (χ2v) is 7.56. The van der Waals surface area contributed by atoms with E-state index in [-0.39, 0.29) is 24.0 Å². The van der Waals surface area contributed by atoms with Crippen LogP contribution in [0.15, 0.2) is 18.2 Å². The van der Waals surface area contributed by atoms with Gasteiger partial charge in [0.05, 0.1) is 17.6 Å². The maximum atomic E-state index is 12.8. The Kier molecular flexibility index (Phi) is 6.09. The van der Waals surface area contributed by atoms with Gasteiger partial charge in [0, 0.05) is 37.5 Å². The number of alkyl halides is 1. The molecule has 1 aliphatic rings. The third-order valence-corrected chi connectivity index (χ3v) is 5.24. The monoisotopic (exact) mass is 380 g/mol. The summed E-state index contributed by atoms with van der Waals surface area (Å²) >= 11 is 5.64.